The van der Waals surface area contributed by atoms with Gasteiger partial charge in [0.05, 0.1) is 36.2 Å². The van der Waals surface area contributed by atoms with Gasteiger partial charge in [0, 0.05) is 24.4 Å². The van der Waals surface area contributed by atoms with E-state index in [2.05, 4.69) is 14.7 Å². The molecule has 6 rings (SSSR count). The number of carbonyl (C=O) groups excluding carboxylic acids is 3. The Labute approximate surface area is 311 Å². The minimum absolute atomic E-state index is 0.0449. The summed E-state index contributed by atoms with van der Waals surface area (Å²) in [6.45, 7) is -4.04. The highest BCUT2D eigenvalue weighted by atomic mass is 35.5. The largest absolute Gasteiger partial charge is 0.619 e. The van der Waals surface area contributed by atoms with Crippen molar-refractivity contribution in [3.63, 3.8) is 0 Å². The standard InChI is InChI=1S/C34H29Cl2F2N5O9S/c1-53(48,49)43(16-30-39-9-2-10-40-30)21-6-7-22-23(12-21)33(46)42(32(22)45)17-31(44)51-28(13-24-25(35)14-41(47)15-26(24)36)20-5-8-27(52-34(37)38)29(11-20)50-18-19-3-4-19/h2,5-12,14-15,19,28,34H,3-4,13,16-18H2,1H3. The van der Waals surface area contributed by atoms with Gasteiger partial charge in [-0.05, 0) is 60.7 Å². The maximum Gasteiger partial charge on any atom is 0.387 e. The summed E-state index contributed by atoms with van der Waals surface area (Å²) in [5.41, 5.74) is 0.260. The summed E-state index contributed by atoms with van der Waals surface area (Å²) < 4.78 is 69.4. The molecule has 14 nitrogen and oxygen atoms in total. The summed E-state index contributed by atoms with van der Waals surface area (Å²) >= 11 is 12.6. The van der Waals surface area contributed by atoms with Crippen molar-refractivity contribution in [1.82, 2.24) is 14.9 Å². The summed E-state index contributed by atoms with van der Waals surface area (Å²) in [5.74, 6) is -2.65. The van der Waals surface area contributed by atoms with Gasteiger partial charge in [0.15, 0.2) is 23.9 Å². The van der Waals surface area contributed by atoms with E-state index in [1.54, 1.807) is 6.07 Å². The number of hydrogen-bond donors (Lipinski definition) is 0. The van der Waals surface area contributed by atoms with Crippen LogP contribution in [0.3, 0.4) is 0 Å². The van der Waals surface area contributed by atoms with Crippen LogP contribution in [0.5, 0.6) is 11.5 Å². The third-order valence-corrected chi connectivity index (χ3v) is 10.1. The number of carbonyl (C=O) groups is 3. The second-order valence-electron chi connectivity index (χ2n) is 12.2. The molecule has 53 heavy (non-hydrogen) atoms. The molecule has 1 atom stereocenters. The van der Waals surface area contributed by atoms with Crippen LogP contribution in [0.4, 0.5) is 14.5 Å². The lowest BCUT2D eigenvalue weighted by Crippen LogP contribution is -2.36. The lowest BCUT2D eigenvalue weighted by molar-refractivity contribution is -0.605. The van der Waals surface area contributed by atoms with Crippen molar-refractivity contribution in [2.75, 3.05) is 23.7 Å². The number of benzene rings is 2. The molecule has 2 aromatic carbocycles. The molecule has 0 bridgehead atoms. The first-order chi connectivity index (χ1) is 25.2. The average Bonchev–Trinajstić information content (AvgIpc) is 3.90. The quantitative estimate of drug-likeness (QED) is 0.0694. The van der Waals surface area contributed by atoms with E-state index in [-0.39, 0.29) is 80.8 Å². The Kier molecular flexibility index (Phi) is 11.0. The average molecular weight is 793 g/mol. The predicted molar refractivity (Wildman–Crippen MR) is 184 cm³/mol. The normalized spacial score (nSPS) is 14.6. The Bertz CT molecular complexity index is 2160. The number of aromatic nitrogens is 3. The number of imide groups is 1. The number of nitrogens with zero attached hydrogens (tertiary/aromatic N) is 5. The third-order valence-electron chi connectivity index (χ3n) is 8.28. The van der Waals surface area contributed by atoms with Gasteiger partial charge in [-0.2, -0.15) is 13.5 Å². The third kappa shape index (κ3) is 8.92. The zero-order valence-electron chi connectivity index (χ0n) is 27.7. The molecule has 2 aliphatic rings. The molecule has 1 unspecified atom stereocenters. The zero-order valence-corrected chi connectivity index (χ0v) is 30.0. The van der Waals surface area contributed by atoms with E-state index < -0.39 is 47.1 Å². The molecule has 19 heteroatoms. The van der Waals surface area contributed by atoms with E-state index in [4.69, 9.17) is 32.7 Å². The van der Waals surface area contributed by atoms with Gasteiger partial charge in [-0.25, -0.2) is 18.4 Å². The lowest BCUT2D eigenvalue weighted by atomic mass is 10.0. The van der Waals surface area contributed by atoms with E-state index in [0.717, 1.165) is 35.8 Å². The summed E-state index contributed by atoms with van der Waals surface area (Å²) in [5, 5.41) is 11.8. The first-order valence-electron chi connectivity index (χ1n) is 15.9. The molecule has 3 heterocycles. The molecule has 1 aliphatic carbocycles. The van der Waals surface area contributed by atoms with Crippen LogP contribution in [0.25, 0.3) is 0 Å². The van der Waals surface area contributed by atoms with Crippen LogP contribution in [-0.4, -0.2) is 67.1 Å². The van der Waals surface area contributed by atoms with E-state index in [1.807, 2.05) is 0 Å². The van der Waals surface area contributed by atoms with Gasteiger partial charge >= 0.3 is 12.6 Å². The maximum absolute atomic E-state index is 13.5. The number of esters is 1. The second-order valence-corrected chi connectivity index (χ2v) is 14.9. The van der Waals surface area contributed by atoms with Crippen LogP contribution in [0.2, 0.25) is 10.0 Å². The number of halogens is 4. The van der Waals surface area contributed by atoms with Crippen LogP contribution in [-0.2, 0) is 32.5 Å². The van der Waals surface area contributed by atoms with Crippen LogP contribution in [0.15, 0.2) is 67.3 Å². The molecule has 2 aromatic heterocycles. The molecular weight excluding hydrogens is 763 g/mol. The molecule has 0 N–H and O–H groups in total. The highest BCUT2D eigenvalue weighted by Crippen LogP contribution is 2.38. The zero-order chi connectivity index (χ0) is 38.0. The molecule has 0 spiro atoms. The van der Waals surface area contributed by atoms with E-state index in [0.29, 0.717) is 9.63 Å². The van der Waals surface area contributed by atoms with Crippen molar-refractivity contribution in [2.45, 2.75) is 38.5 Å². The van der Waals surface area contributed by atoms with Crippen LogP contribution in [0.1, 0.15) is 56.6 Å². The van der Waals surface area contributed by atoms with Crippen LogP contribution in [0, 0.1) is 11.1 Å². The smallest absolute Gasteiger partial charge is 0.387 e. The number of fused-ring (bicyclic) bond motifs is 1. The molecule has 278 valence electrons. The Morgan fingerprint density at radius 2 is 1.72 bits per heavy atom. The molecule has 1 aliphatic heterocycles. The van der Waals surface area contributed by atoms with Crippen molar-refractivity contribution >= 4 is 56.7 Å². The number of pyridine rings is 1. The minimum Gasteiger partial charge on any atom is -0.619 e. The SMILES string of the molecule is CS(=O)(=O)N(Cc1ncccn1)c1ccc2c(c1)C(=O)N(CC(=O)OC(Cc1c(Cl)c[n+]([O-])cc1Cl)c1ccc(OC(F)F)c(OCC3CC3)c1)C2=O. The lowest BCUT2D eigenvalue weighted by Gasteiger charge is -2.22. The molecular formula is C34H29Cl2F2N5O9S. The maximum atomic E-state index is 13.5. The Balaban J connectivity index is 1.26. The number of hydrogen-bond acceptors (Lipinski definition) is 11. The van der Waals surface area contributed by atoms with E-state index >= 15 is 0 Å². The van der Waals surface area contributed by atoms with Gasteiger partial charge in [0.1, 0.15) is 28.5 Å². The fraction of sp³-hybridized carbons (Fsp3) is 0.294. The summed E-state index contributed by atoms with van der Waals surface area (Å²) in [6.07, 6.45) is 6.27. The number of alkyl halides is 2. The summed E-state index contributed by atoms with van der Waals surface area (Å²) in [6, 6.07) is 9.33. The Hall–Kier alpha value is -5.13. The molecule has 0 saturated heterocycles. The topological polar surface area (TPSA) is 172 Å². The second kappa shape index (κ2) is 15.5. The van der Waals surface area contributed by atoms with Gasteiger partial charge in [-0.3, -0.25) is 23.6 Å². The van der Waals surface area contributed by atoms with Crippen molar-refractivity contribution < 1.29 is 50.5 Å². The first kappa shape index (κ1) is 37.6. The van der Waals surface area contributed by atoms with Crippen LogP contribution >= 0.6 is 23.2 Å². The van der Waals surface area contributed by atoms with Crippen molar-refractivity contribution in [3.8, 4) is 11.5 Å². The summed E-state index contributed by atoms with van der Waals surface area (Å²) in [7, 11) is -3.91. The van der Waals surface area contributed by atoms with Crippen molar-refractivity contribution in [2.24, 2.45) is 5.92 Å². The Morgan fingerprint density at radius 3 is 2.36 bits per heavy atom. The fourth-order valence-corrected chi connectivity index (χ4v) is 6.95. The number of amides is 2. The van der Waals surface area contributed by atoms with Crippen molar-refractivity contribution in [3.05, 3.63) is 111 Å². The Morgan fingerprint density at radius 1 is 1.04 bits per heavy atom. The number of ether oxygens (including phenoxy) is 3. The molecule has 2 amide bonds. The van der Waals surface area contributed by atoms with Gasteiger partial charge in [0.25, 0.3) is 11.8 Å². The first-order valence-corrected chi connectivity index (χ1v) is 18.5. The highest BCUT2D eigenvalue weighted by Gasteiger charge is 2.39. The number of sulfonamides is 1. The van der Waals surface area contributed by atoms with Gasteiger partial charge in [-0.1, -0.05) is 29.3 Å². The van der Waals surface area contributed by atoms with E-state index in [9.17, 15) is 36.8 Å². The number of anilines is 1. The minimum atomic E-state index is -3.91. The molecule has 4 aromatic rings. The molecule has 1 saturated carbocycles. The predicted octanol–water partition coefficient (Wildman–Crippen LogP) is 4.90. The van der Waals surface area contributed by atoms with Crippen LogP contribution < -0.4 is 18.5 Å². The van der Waals surface area contributed by atoms with Crippen molar-refractivity contribution in [1.29, 1.82) is 0 Å². The molecule has 0 radical (unpaired) electrons. The van der Waals surface area contributed by atoms with Gasteiger partial charge in [-0.15, -0.1) is 0 Å². The number of rotatable bonds is 15. The van der Waals surface area contributed by atoms with E-state index in [1.165, 1.54) is 48.8 Å². The molecule has 1 fully saturated rings. The monoisotopic (exact) mass is 791 g/mol. The highest BCUT2D eigenvalue weighted by molar-refractivity contribution is 7.92. The van der Waals surface area contributed by atoms with Gasteiger partial charge < -0.3 is 19.4 Å². The van der Waals surface area contributed by atoms with Gasteiger partial charge in [0.2, 0.25) is 10.0 Å². The fourth-order valence-electron chi connectivity index (χ4n) is 5.50. The summed E-state index contributed by atoms with van der Waals surface area (Å²) in [4.78, 5) is 49.2.